The molecule has 0 aliphatic heterocycles. The number of carbonyl (C=O) groups excluding carboxylic acids is 1. The Morgan fingerprint density at radius 3 is 2.96 bits per heavy atom. The predicted molar refractivity (Wildman–Crippen MR) is 86.7 cm³/mol. The number of benzene rings is 1. The second-order valence-electron chi connectivity index (χ2n) is 4.84. The number of H-pyrrole nitrogens is 1. The number of aromatic amines is 1. The zero-order chi connectivity index (χ0) is 16.7. The van der Waals surface area contributed by atoms with Crippen LogP contribution in [-0.4, -0.2) is 36.7 Å². The van der Waals surface area contributed by atoms with Crippen LogP contribution in [0.3, 0.4) is 0 Å². The van der Waals surface area contributed by atoms with Gasteiger partial charge in [-0.3, -0.25) is 5.10 Å². The molecule has 0 atom stereocenters. The van der Waals surface area contributed by atoms with E-state index in [0.29, 0.717) is 34.2 Å². The topological polar surface area (TPSA) is 73.4 Å². The van der Waals surface area contributed by atoms with E-state index in [1.807, 2.05) is 6.92 Å². The van der Waals surface area contributed by atoms with Gasteiger partial charge in [-0.1, -0.05) is 24.9 Å². The highest BCUT2D eigenvalue weighted by molar-refractivity contribution is 6.30. The molecular weight excluding hydrogens is 320 g/mol. The molecule has 2 rings (SSSR count). The number of methoxy groups -OCH3 is 1. The zero-order valence-corrected chi connectivity index (χ0v) is 13.9. The van der Waals surface area contributed by atoms with Gasteiger partial charge in [-0.15, -0.1) is 0 Å². The Morgan fingerprint density at radius 1 is 1.39 bits per heavy atom. The molecule has 0 aliphatic rings. The molecule has 0 saturated heterocycles. The number of hydrogen-bond acceptors (Lipinski definition) is 5. The van der Waals surface area contributed by atoms with Crippen molar-refractivity contribution in [1.82, 2.24) is 10.2 Å². The molecule has 0 radical (unpaired) electrons. The number of nitrogens with one attached hydrogen (secondary N) is 1. The lowest BCUT2D eigenvalue weighted by molar-refractivity contribution is 0.0500. The second-order valence-corrected chi connectivity index (χ2v) is 5.28. The molecule has 0 spiro atoms. The number of hydrogen-bond donors (Lipinski definition) is 1. The molecule has 0 saturated carbocycles. The van der Waals surface area contributed by atoms with E-state index >= 15 is 0 Å². The van der Waals surface area contributed by atoms with E-state index < -0.39 is 5.97 Å². The highest BCUT2D eigenvalue weighted by Gasteiger charge is 2.19. The summed E-state index contributed by atoms with van der Waals surface area (Å²) in [5.41, 5.74) is 1.53. The van der Waals surface area contributed by atoms with Crippen LogP contribution in [0.4, 0.5) is 0 Å². The fraction of sp³-hybridized carbons (Fsp3) is 0.375. The molecule has 0 amide bonds. The Labute approximate surface area is 139 Å². The van der Waals surface area contributed by atoms with E-state index in [1.54, 1.807) is 18.2 Å². The molecular formula is C16H19ClN2O4. The smallest absolute Gasteiger partial charge is 0.341 e. The van der Waals surface area contributed by atoms with Gasteiger partial charge in [0.25, 0.3) is 0 Å². The van der Waals surface area contributed by atoms with Crippen LogP contribution in [0.15, 0.2) is 24.4 Å². The van der Waals surface area contributed by atoms with E-state index in [2.05, 4.69) is 10.2 Å². The van der Waals surface area contributed by atoms with E-state index in [0.717, 1.165) is 12.8 Å². The van der Waals surface area contributed by atoms with Gasteiger partial charge in [-0.2, -0.15) is 5.10 Å². The number of rotatable bonds is 8. The van der Waals surface area contributed by atoms with Crippen molar-refractivity contribution in [3.05, 3.63) is 35.0 Å². The summed E-state index contributed by atoms with van der Waals surface area (Å²) in [6.45, 7) is 2.48. The van der Waals surface area contributed by atoms with Gasteiger partial charge in [0.15, 0.2) is 6.79 Å². The highest BCUT2D eigenvalue weighted by Crippen LogP contribution is 2.33. The van der Waals surface area contributed by atoms with Crippen LogP contribution in [0.25, 0.3) is 11.3 Å². The quantitative estimate of drug-likeness (QED) is 0.451. The van der Waals surface area contributed by atoms with E-state index in [9.17, 15) is 4.79 Å². The molecule has 1 heterocycles. The number of unbranched alkanes of at least 4 members (excludes halogenated alkanes) is 1. The first-order valence-electron chi connectivity index (χ1n) is 7.29. The van der Waals surface area contributed by atoms with Crippen molar-refractivity contribution in [2.45, 2.75) is 19.8 Å². The van der Waals surface area contributed by atoms with Gasteiger partial charge in [0.2, 0.25) is 0 Å². The summed E-state index contributed by atoms with van der Waals surface area (Å²) in [6, 6.07) is 5.12. The number of esters is 1. The van der Waals surface area contributed by atoms with Crippen molar-refractivity contribution < 1.29 is 19.0 Å². The molecule has 6 nitrogen and oxygen atoms in total. The molecule has 1 N–H and O–H groups in total. The third-order valence-electron chi connectivity index (χ3n) is 3.14. The summed E-state index contributed by atoms with van der Waals surface area (Å²) >= 11 is 6.01. The van der Waals surface area contributed by atoms with Gasteiger partial charge in [0.05, 0.1) is 18.5 Å². The molecule has 1 aromatic carbocycles. The summed E-state index contributed by atoms with van der Waals surface area (Å²) in [6.07, 6.45) is 3.22. The standard InChI is InChI=1S/C16H19ClN2O4/c1-3-4-7-22-16(20)13-9-18-19-15(13)12-6-5-11(17)8-14(12)23-10-21-2/h5-6,8-9H,3-4,7,10H2,1-2H3,(H,18,19). The lowest BCUT2D eigenvalue weighted by atomic mass is 10.1. The molecule has 1 aromatic heterocycles. The van der Waals surface area contributed by atoms with E-state index in [-0.39, 0.29) is 6.79 Å². The molecule has 0 bridgehead atoms. The maximum absolute atomic E-state index is 12.2. The van der Waals surface area contributed by atoms with Crippen molar-refractivity contribution in [3.63, 3.8) is 0 Å². The Bertz CT molecular complexity index is 657. The predicted octanol–water partition coefficient (Wildman–Crippen LogP) is 3.67. The van der Waals surface area contributed by atoms with Crippen molar-refractivity contribution >= 4 is 17.6 Å². The van der Waals surface area contributed by atoms with Crippen LogP contribution in [0.5, 0.6) is 5.75 Å². The molecule has 7 heteroatoms. The number of halogens is 1. The van der Waals surface area contributed by atoms with Gasteiger partial charge in [0.1, 0.15) is 11.3 Å². The molecule has 0 aliphatic carbocycles. The van der Waals surface area contributed by atoms with Crippen molar-refractivity contribution in [2.24, 2.45) is 0 Å². The first-order chi connectivity index (χ1) is 11.2. The summed E-state index contributed by atoms with van der Waals surface area (Å²) < 4.78 is 15.7. The number of carbonyl (C=O) groups is 1. The Balaban J connectivity index is 2.29. The molecule has 0 fully saturated rings. The Hall–Kier alpha value is -2.05. The summed E-state index contributed by atoms with van der Waals surface area (Å²) in [5, 5.41) is 7.28. The number of aromatic nitrogens is 2. The van der Waals surface area contributed by atoms with Crippen LogP contribution in [0.2, 0.25) is 5.02 Å². The minimum atomic E-state index is -0.421. The molecule has 0 unspecified atom stereocenters. The van der Waals surface area contributed by atoms with Crippen LogP contribution in [-0.2, 0) is 9.47 Å². The average molecular weight is 339 g/mol. The van der Waals surface area contributed by atoms with Crippen LogP contribution in [0.1, 0.15) is 30.1 Å². The summed E-state index contributed by atoms with van der Waals surface area (Å²) in [5.74, 6) is 0.0704. The molecule has 23 heavy (non-hydrogen) atoms. The monoisotopic (exact) mass is 338 g/mol. The Kier molecular flexibility index (Phi) is 6.43. The second kappa shape index (κ2) is 8.55. The van der Waals surface area contributed by atoms with E-state index in [1.165, 1.54) is 13.3 Å². The lowest BCUT2D eigenvalue weighted by Gasteiger charge is -2.11. The summed E-state index contributed by atoms with van der Waals surface area (Å²) in [7, 11) is 1.52. The average Bonchev–Trinajstić information content (AvgIpc) is 3.02. The van der Waals surface area contributed by atoms with Crippen LogP contribution in [0, 0.1) is 0 Å². The molecule has 124 valence electrons. The first kappa shape index (κ1) is 17.3. The minimum absolute atomic E-state index is 0.0672. The summed E-state index contributed by atoms with van der Waals surface area (Å²) in [4.78, 5) is 12.2. The minimum Gasteiger partial charge on any atom is -0.467 e. The van der Waals surface area contributed by atoms with Gasteiger partial charge < -0.3 is 14.2 Å². The Morgan fingerprint density at radius 2 is 2.22 bits per heavy atom. The fourth-order valence-electron chi connectivity index (χ4n) is 1.98. The van der Waals surface area contributed by atoms with Gasteiger partial charge in [-0.05, 0) is 24.6 Å². The maximum Gasteiger partial charge on any atom is 0.341 e. The van der Waals surface area contributed by atoms with Crippen molar-refractivity contribution in [1.29, 1.82) is 0 Å². The highest BCUT2D eigenvalue weighted by atomic mass is 35.5. The van der Waals surface area contributed by atoms with Gasteiger partial charge in [0, 0.05) is 17.7 Å². The number of nitrogens with zero attached hydrogens (tertiary/aromatic N) is 1. The maximum atomic E-state index is 12.2. The SMILES string of the molecule is CCCCOC(=O)c1cn[nH]c1-c1ccc(Cl)cc1OCOC. The fourth-order valence-corrected chi connectivity index (χ4v) is 2.14. The lowest BCUT2D eigenvalue weighted by Crippen LogP contribution is -2.07. The third-order valence-corrected chi connectivity index (χ3v) is 3.37. The van der Waals surface area contributed by atoms with Gasteiger partial charge in [-0.25, -0.2) is 4.79 Å². The normalized spacial score (nSPS) is 10.6. The van der Waals surface area contributed by atoms with Crippen LogP contribution >= 0.6 is 11.6 Å². The molecule has 2 aromatic rings. The van der Waals surface area contributed by atoms with E-state index in [4.69, 9.17) is 25.8 Å². The third kappa shape index (κ3) is 4.46. The van der Waals surface area contributed by atoms with Gasteiger partial charge >= 0.3 is 5.97 Å². The van der Waals surface area contributed by atoms with Crippen molar-refractivity contribution in [2.75, 3.05) is 20.5 Å². The van der Waals surface area contributed by atoms with Crippen LogP contribution < -0.4 is 4.74 Å². The number of ether oxygens (including phenoxy) is 3. The zero-order valence-electron chi connectivity index (χ0n) is 13.1. The first-order valence-corrected chi connectivity index (χ1v) is 7.67. The largest absolute Gasteiger partial charge is 0.467 e. The van der Waals surface area contributed by atoms with Crippen molar-refractivity contribution in [3.8, 4) is 17.0 Å².